The molecule has 0 atom stereocenters. The number of halogens is 2. The van der Waals surface area contributed by atoms with Crippen LogP contribution >= 0.6 is 0 Å². The van der Waals surface area contributed by atoms with Gasteiger partial charge < -0.3 is 0 Å². The molecule has 0 saturated heterocycles. The average Bonchev–Trinajstić information content (AvgIpc) is 2.32. The summed E-state index contributed by atoms with van der Waals surface area (Å²) < 4.78 is 26.5. The van der Waals surface area contributed by atoms with E-state index in [1.807, 2.05) is 12.1 Å². The summed E-state index contributed by atoms with van der Waals surface area (Å²) in [4.78, 5) is 0. The van der Waals surface area contributed by atoms with Gasteiger partial charge in [-0.2, -0.15) is 0 Å². The zero-order valence-corrected chi connectivity index (χ0v) is 8.22. The summed E-state index contributed by atoms with van der Waals surface area (Å²) in [6, 6.07) is 15.5. The highest BCUT2D eigenvalue weighted by Gasteiger charge is 2.07. The second-order valence-corrected chi connectivity index (χ2v) is 3.63. The molecule has 76 valence electrons. The first-order valence-corrected chi connectivity index (χ1v) is 4.85. The Morgan fingerprint density at radius 3 is 2.69 bits per heavy atom. The third-order valence-corrected chi connectivity index (χ3v) is 2.64. The van der Waals surface area contributed by atoms with Crippen molar-refractivity contribution in [3.63, 3.8) is 0 Å². The minimum Gasteiger partial charge on any atom is -0.203 e. The molecule has 0 aromatic heterocycles. The van der Waals surface area contributed by atoms with Crippen molar-refractivity contribution in [2.75, 3.05) is 0 Å². The summed E-state index contributed by atoms with van der Waals surface area (Å²) >= 11 is 0. The number of benzene rings is 3. The van der Waals surface area contributed by atoms with Crippen LogP contribution in [0.1, 0.15) is 0 Å². The van der Waals surface area contributed by atoms with Crippen molar-refractivity contribution >= 4 is 21.5 Å². The Kier molecular flexibility index (Phi) is 1.90. The van der Waals surface area contributed by atoms with Crippen LogP contribution < -0.4 is 0 Å². The van der Waals surface area contributed by atoms with E-state index < -0.39 is 11.6 Å². The highest BCUT2D eigenvalue weighted by Crippen LogP contribution is 2.25. The lowest BCUT2D eigenvalue weighted by Gasteiger charge is -2.03. The molecule has 2 heteroatoms. The van der Waals surface area contributed by atoms with E-state index in [9.17, 15) is 8.78 Å². The Labute approximate surface area is 91.1 Å². The van der Waals surface area contributed by atoms with E-state index in [0.717, 1.165) is 10.8 Å². The quantitative estimate of drug-likeness (QED) is 0.496. The van der Waals surface area contributed by atoms with Gasteiger partial charge in [0.05, 0.1) is 0 Å². The summed E-state index contributed by atoms with van der Waals surface area (Å²) in [5.74, 6) is -1.78. The average molecular weight is 212 g/mol. The molecule has 0 saturated carbocycles. The molecule has 2 radical (unpaired) electrons. The summed E-state index contributed by atoms with van der Waals surface area (Å²) in [5, 5.41) is 2.76. The normalized spacial score (nSPS) is 11.1. The van der Waals surface area contributed by atoms with E-state index in [2.05, 4.69) is 12.1 Å². The largest absolute Gasteiger partial charge is 0.203 e. The predicted octanol–water partition coefficient (Wildman–Crippen LogP) is 3.87. The number of fused-ring (bicyclic) bond motifs is 2. The molecule has 3 rings (SSSR count). The van der Waals surface area contributed by atoms with E-state index in [4.69, 9.17) is 0 Å². The molecule has 3 aromatic rings. The fourth-order valence-corrected chi connectivity index (χ4v) is 1.83. The van der Waals surface area contributed by atoms with Gasteiger partial charge in [-0.1, -0.05) is 12.1 Å². The lowest BCUT2D eigenvalue weighted by molar-refractivity contribution is 0.515. The molecule has 16 heavy (non-hydrogen) atoms. The van der Waals surface area contributed by atoms with Crippen LogP contribution in [0.5, 0.6) is 0 Å². The van der Waals surface area contributed by atoms with Gasteiger partial charge in [-0.25, -0.2) is 8.78 Å². The molecule has 0 N–H and O–H groups in total. The monoisotopic (exact) mass is 212 g/mol. The predicted molar refractivity (Wildman–Crippen MR) is 59.0 cm³/mol. The number of hydrogen-bond acceptors (Lipinski definition) is 0. The lowest BCUT2D eigenvalue weighted by atomic mass is 10.0. The van der Waals surface area contributed by atoms with Crippen LogP contribution in [0.25, 0.3) is 21.5 Å². The molecule has 3 aromatic carbocycles. The van der Waals surface area contributed by atoms with Crippen LogP contribution in [0.15, 0.2) is 36.4 Å². The van der Waals surface area contributed by atoms with Crippen LogP contribution in [0.3, 0.4) is 0 Å². The van der Waals surface area contributed by atoms with Gasteiger partial charge in [0.15, 0.2) is 11.6 Å². The van der Waals surface area contributed by atoms with Crippen molar-refractivity contribution in [1.29, 1.82) is 0 Å². The van der Waals surface area contributed by atoms with E-state index in [1.165, 1.54) is 6.07 Å². The summed E-state index contributed by atoms with van der Waals surface area (Å²) in [6.07, 6.45) is 0. The molecule has 0 aliphatic heterocycles. The van der Waals surface area contributed by atoms with Crippen LogP contribution in [-0.4, -0.2) is 0 Å². The highest BCUT2D eigenvalue weighted by atomic mass is 19.2. The first-order valence-electron chi connectivity index (χ1n) is 4.85. The third kappa shape index (κ3) is 1.27. The van der Waals surface area contributed by atoms with Crippen molar-refractivity contribution in [2.24, 2.45) is 0 Å². The zero-order chi connectivity index (χ0) is 11.1. The molecule has 0 unspecified atom stereocenters. The maximum Gasteiger partial charge on any atom is 0.167 e. The van der Waals surface area contributed by atoms with Crippen LogP contribution in [0, 0.1) is 23.8 Å². The second kappa shape index (κ2) is 3.27. The Morgan fingerprint density at radius 1 is 0.938 bits per heavy atom. The van der Waals surface area contributed by atoms with Gasteiger partial charge in [-0.05, 0) is 46.5 Å². The summed E-state index contributed by atoms with van der Waals surface area (Å²) in [5.41, 5.74) is 0. The fraction of sp³-hybridized carbons (Fsp3) is 0. The van der Waals surface area contributed by atoms with Gasteiger partial charge >= 0.3 is 0 Å². The Hall–Kier alpha value is -1.96. The van der Waals surface area contributed by atoms with Crippen LogP contribution in [0.4, 0.5) is 8.78 Å². The highest BCUT2D eigenvalue weighted by molar-refractivity contribution is 5.98. The minimum absolute atomic E-state index is 0.281. The molecular weight excluding hydrogens is 206 g/mol. The van der Waals surface area contributed by atoms with Gasteiger partial charge in [-0.15, -0.1) is 0 Å². The molecule has 0 heterocycles. The molecular formula is C14H6F2. The van der Waals surface area contributed by atoms with Crippen molar-refractivity contribution < 1.29 is 8.78 Å². The molecule has 0 aliphatic carbocycles. The number of rotatable bonds is 0. The van der Waals surface area contributed by atoms with Crippen molar-refractivity contribution in [3.8, 4) is 0 Å². The fourth-order valence-electron chi connectivity index (χ4n) is 1.83. The minimum atomic E-state index is -0.938. The molecule has 0 nitrogen and oxygen atoms in total. The Balaban J connectivity index is 2.51. The molecule has 0 aliphatic rings. The van der Waals surface area contributed by atoms with Crippen molar-refractivity contribution in [2.45, 2.75) is 0 Å². The molecule has 0 spiro atoms. The first kappa shape index (κ1) is 9.28. The Morgan fingerprint density at radius 2 is 1.81 bits per heavy atom. The number of hydrogen-bond donors (Lipinski definition) is 0. The molecule has 0 bridgehead atoms. The summed E-state index contributed by atoms with van der Waals surface area (Å²) in [6.45, 7) is 0. The van der Waals surface area contributed by atoms with E-state index in [1.54, 1.807) is 18.2 Å². The Bertz CT molecular complexity index is 687. The first-order chi connectivity index (χ1) is 7.75. The molecule has 0 fully saturated rings. The van der Waals surface area contributed by atoms with Crippen LogP contribution in [-0.2, 0) is 0 Å². The second-order valence-electron chi connectivity index (χ2n) is 3.63. The molecule has 0 amide bonds. The third-order valence-electron chi connectivity index (χ3n) is 2.64. The zero-order valence-electron chi connectivity index (χ0n) is 8.22. The van der Waals surface area contributed by atoms with Gasteiger partial charge in [0, 0.05) is 11.5 Å². The van der Waals surface area contributed by atoms with Gasteiger partial charge in [0.1, 0.15) is 0 Å². The lowest BCUT2D eigenvalue weighted by Crippen LogP contribution is -1.86. The van der Waals surface area contributed by atoms with Gasteiger partial charge in [-0.3, -0.25) is 0 Å². The van der Waals surface area contributed by atoms with Gasteiger partial charge in [0.25, 0.3) is 0 Å². The van der Waals surface area contributed by atoms with Gasteiger partial charge in [0.2, 0.25) is 0 Å². The summed E-state index contributed by atoms with van der Waals surface area (Å²) in [7, 11) is 0. The van der Waals surface area contributed by atoms with Crippen molar-refractivity contribution in [1.82, 2.24) is 0 Å². The van der Waals surface area contributed by atoms with Crippen LogP contribution in [0.2, 0.25) is 0 Å². The smallest absolute Gasteiger partial charge is 0.167 e. The topological polar surface area (TPSA) is 0 Å². The maximum atomic E-state index is 13.5. The SMILES string of the molecule is Fc1[c]cc2cc3cc[c]cc3cc2c1F. The maximum absolute atomic E-state index is 13.5. The van der Waals surface area contributed by atoms with E-state index in [0.29, 0.717) is 5.39 Å². The standard InChI is InChI=1S/C14H6F2/c15-13-6-5-11-7-9-3-1-2-4-10(9)8-12(11)14(13)16/h1,3-5,7-8H. The van der Waals surface area contributed by atoms with Crippen molar-refractivity contribution in [3.05, 3.63) is 60.2 Å². The van der Waals surface area contributed by atoms with E-state index >= 15 is 0 Å². The van der Waals surface area contributed by atoms with E-state index in [-0.39, 0.29) is 5.39 Å².